The zero-order valence-corrected chi connectivity index (χ0v) is 15.7. The summed E-state index contributed by atoms with van der Waals surface area (Å²) in [5, 5.41) is 0.842. The Morgan fingerprint density at radius 1 is 1.08 bits per heavy atom. The molecule has 0 saturated carbocycles. The Morgan fingerprint density at radius 3 is 2.21 bits per heavy atom. The third kappa shape index (κ3) is 4.21. The van der Waals surface area contributed by atoms with E-state index < -0.39 is 5.78 Å². The number of anilines is 1. The molecule has 0 aliphatic carbocycles. The molecule has 2 rings (SSSR count). The molecule has 0 unspecified atom stereocenters. The standard InChI is InChI=1S/C16H13Cl3N2O2.ClH/c1-21(14(22)8-20)13-6-5-9(17)7-10(13)16(23)15-11(18)3-2-4-12(15)19;/h2-7H,8,20H2,1H3;1H. The molecule has 128 valence electrons. The molecule has 2 aromatic carbocycles. The Labute approximate surface area is 160 Å². The highest BCUT2D eigenvalue weighted by Crippen LogP contribution is 2.31. The van der Waals surface area contributed by atoms with E-state index in [-0.39, 0.29) is 46.0 Å². The second-order valence-electron chi connectivity index (χ2n) is 4.79. The fourth-order valence-electron chi connectivity index (χ4n) is 2.13. The van der Waals surface area contributed by atoms with E-state index in [1.54, 1.807) is 37.4 Å². The Balaban J connectivity index is 0.00000288. The van der Waals surface area contributed by atoms with Gasteiger partial charge in [-0.1, -0.05) is 40.9 Å². The number of hydrogen-bond donors (Lipinski definition) is 1. The number of nitrogens with zero attached hydrogens (tertiary/aromatic N) is 1. The van der Waals surface area contributed by atoms with Crippen molar-refractivity contribution in [2.45, 2.75) is 0 Å². The van der Waals surface area contributed by atoms with Crippen molar-refractivity contribution < 1.29 is 27.7 Å². The molecule has 24 heavy (non-hydrogen) atoms. The summed E-state index contributed by atoms with van der Waals surface area (Å²) >= 11 is 18.2. The molecule has 1 amide bonds. The minimum Gasteiger partial charge on any atom is -1.00 e. The third-order valence-electron chi connectivity index (χ3n) is 3.34. The molecule has 0 aliphatic rings. The number of rotatable bonds is 4. The van der Waals surface area contributed by atoms with Crippen LogP contribution >= 0.6 is 34.8 Å². The van der Waals surface area contributed by atoms with Crippen LogP contribution in [-0.2, 0) is 4.79 Å². The second-order valence-corrected chi connectivity index (χ2v) is 6.04. The Morgan fingerprint density at radius 2 is 1.67 bits per heavy atom. The van der Waals surface area contributed by atoms with Crippen molar-refractivity contribution in [3.05, 3.63) is 62.6 Å². The van der Waals surface area contributed by atoms with Crippen molar-refractivity contribution >= 4 is 52.2 Å². The summed E-state index contributed by atoms with van der Waals surface area (Å²) in [6.45, 7) is 0.0691. The molecule has 4 nitrogen and oxygen atoms in total. The molecular weight excluding hydrogens is 394 g/mol. The van der Waals surface area contributed by atoms with E-state index >= 15 is 0 Å². The fraction of sp³-hybridized carbons (Fsp3) is 0.125. The molecule has 0 bridgehead atoms. The van der Waals surface area contributed by atoms with E-state index in [9.17, 15) is 9.59 Å². The van der Waals surface area contributed by atoms with E-state index in [1.807, 2.05) is 0 Å². The number of halogens is 4. The minimum atomic E-state index is -0.401. The normalized spacial score (nSPS) is 10.0. The van der Waals surface area contributed by atoms with Crippen LogP contribution in [0.25, 0.3) is 0 Å². The largest absolute Gasteiger partial charge is 1.00 e. The summed E-state index contributed by atoms with van der Waals surface area (Å²) < 4.78 is 0. The van der Waals surface area contributed by atoms with Gasteiger partial charge in [0.15, 0.2) is 12.3 Å². The van der Waals surface area contributed by atoms with Crippen molar-refractivity contribution in [1.82, 2.24) is 0 Å². The van der Waals surface area contributed by atoms with Gasteiger partial charge in [0.05, 0.1) is 21.3 Å². The minimum absolute atomic E-state index is 0. The molecule has 0 saturated heterocycles. The first-order valence-electron chi connectivity index (χ1n) is 6.71. The number of quaternary nitrogens is 1. The Kier molecular flexibility index (Phi) is 7.52. The number of hydrogen-bond acceptors (Lipinski definition) is 2. The van der Waals surface area contributed by atoms with Gasteiger partial charge in [0, 0.05) is 17.6 Å². The predicted molar refractivity (Wildman–Crippen MR) is 92.5 cm³/mol. The summed E-state index contributed by atoms with van der Waals surface area (Å²) in [5.41, 5.74) is 4.41. The van der Waals surface area contributed by atoms with Crippen LogP contribution in [0.1, 0.15) is 15.9 Å². The quantitative estimate of drug-likeness (QED) is 0.730. The van der Waals surface area contributed by atoms with Gasteiger partial charge in [-0.15, -0.1) is 0 Å². The van der Waals surface area contributed by atoms with Crippen LogP contribution < -0.4 is 23.0 Å². The molecule has 8 heteroatoms. The molecular formula is C16H14Cl4N2O2. The number of benzene rings is 2. The second kappa shape index (κ2) is 8.70. The third-order valence-corrected chi connectivity index (χ3v) is 4.21. The van der Waals surface area contributed by atoms with E-state index in [1.165, 1.54) is 11.0 Å². The van der Waals surface area contributed by atoms with Crippen LogP contribution in [-0.4, -0.2) is 25.3 Å². The number of ketones is 1. The van der Waals surface area contributed by atoms with Gasteiger partial charge in [-0.25, -0.2) is 0 Å². The number of amides is 1. The lowest BCUT2D eigenvalue weighted by molar-refractivity contribution is -0.354. The molecule has 0 radical (unpaired) electrons. The average molecular weight is 408 g/mol. The van der Waals surface area contributed by atoms with E-state index in [4.69, 9.17) is 34.8 Å². The monoisotopic (exact) mass is 406 g/mol. The average Bonchev–Trinajstić information content (AvgIpc) is 2.53. The van der Waals surface area contributed by atoms with Gasteiger partial charge in [0.1, 0.15) is 0 Å². The molecule has 0 spiro atoms. The lowest BCUT2D eigenvalue weighted by atomic mass is 10.0. The van der Waals surface area contributed by atoms with Crippen LogP contribution in [0.2, 0.25) is 15.1 Å². The van der Waals surface area contributed by atoms with Crippen molar-refractivity contribution in [3.63, 3.8) is 0 Å². The summed E-state index contributed by atoms with van der Waals surface area (Å²) in [4.78, 5) is 26.2. The number of likely N-dealkylation sites (N-methyl/N-ethyl adjacent to an activating group) is 1. The topological polar surface area (TPSA) is 65.0 Å². The Bertz CT molecular complexity index is 760. The molecule has 3 N–H and O–H groups in total. The van der Waals surface area contributed by atoms with Crippen molar-refractivity contribution in [1.29, 1.82) is 0 Å². The van der Waals surface area contributed by atoms with Gasteiger partial charge in [0.2, 0.25) is 0 Å². The maximum atomic E-state index is 12.9. The van der Waals surface area contributed by atoms with Gasteiger partial charge >= 0.3 is 0 Å². The van der Waals surface area contributed by atoms with E-state index in [0.717, 1.165) is 0 Å². The maximum Gasteiger partial charge on any atom is 0.281 e. The van der Waals surface area contributed by atoms with Gasteiger partial charge in [0.25, 0.3) is 5.91 Å². The lowest BCUT2D eigenvalue weighted by Crippen LogP contribution is -3.00. The van der Waals surface area contributed by atoms with Crippen LogP contribution in [0.4, 0.5) is 5.69 Å². The van der Waals surface area contributed by atoms with Crippen LogP contribution in [0.15, 0.2) is 36.4 Å². The molecule has 0 aliphatic heterocycles. The predicted octanol–water partition coefficient (Wildman–Crippen LogP) is 0.0865. The van der Waals surface area contributed by atoms with E-state index in [2.05, 4.69) is 5.73 Å². The SMILES string of the molecule is CN(C(=O)C[NH3+])c1ccc(Cl)cc1C(=O)c1c(Cl)cccc1Cl.[Cl-]. The lowest BCUT2D eigenvalue weighted by Gasteiger charge is -2.19. The van der Waals surface area contributed by atoms with Gasteiger partial charge < -0.3 is 23.0 Å². The number of carbonyl (C=O) groups excluding carboxylic acids is 2. The summed E-state index contributed by atoms with van der Waals surface area (Å²) in [5.74, 6) is -0.631. The van der Waals surface area contributed by atoms with Crippen LogP contribution in [0, 0.1) is 0 Å². The zero-order valence-electron chi connectivity index (χ0n) is 12.7. The van der Waals surface area contributed by atoms with Crippen LogP contribution in [0.5, 0.6) is 0 Å². The zero-order chi connectivity index (χ0) is 17.1. The molecule has 2 aromatic rings. The molecule has 0 heterocycles. The van der Waals surface area contributed by atoms with Gasteiger partial charge in [-0.3, -0.25) is 9.59 Å². The summed E-state index contributed by atoms with van der Waals surface area (Å²) in [6.07, 6.45) is 0. The van der Waals surface area contributed by atoms with Crippen molar-refractivity contribution in [3.8, 4) is 0 Å². The molecule has 0 atom stereocenters. The van der Waals surface area contributed by atoms with Crippen molar-refractivity contribution in [2.24, 2.45) is 0 Å². The Hall–Kier alpha value is -1.30. The summed E-state index contributed by atoms with van der Waals surface area (Å²) in [7, 11) is 1.57. The summed E-state index contributed by atoms with van der Waals surface area (Å²) in [6, 6.07) is 9.51. The first kappa shape index (κ1) is 20.7. The highest BCUT2D eigenvalue weighted by Gasteiger charge is 2.23. The maximum absolute atomic E-state index is 12.9. The van der Waals surface area contributed by atoms with Gasteiger partial charge in [-0.2, -0.15) is 0 Å². The van der Waals surface area contributed by atoms with Crippen molar-refractivity contribution in [2.75, 3.05) is 18.5 Å². The molecule has 0 aromatic heterocycles. The number of carbonyl (C=O) groups is 2. The smallest absolute Gasteiger partial charge is 0.281 e. The highest BCUT2D eigenvalue weighted by atomic mass is 35.5. The fourth-order valence-corrected chi connectivity index (χ4v) is 2.88. The molecule has 0 fully saturated rings. The first-order chi connectivity index (χ1) is 10.9. The first-order valence-corrected chi connectivity index (χ1v) is 7.84. The van der Waals surface area contributed by atoms with Gasteiger partial charge in [-0.05, 0) is 30.3 Å². The van der Waals surface area contributed by atoms with Crippen LogP contribution in [0.3, 0.4) is 0 Å². The highest BCUT2D eigenvalue weighted by molar-refractivity contribution is 6.41. The van der Waals surface area contributed by atoms with E-state index in [0.29, 0.717) is 10.7 Å².